The number of hydrogen-bond donors (Lipinski definition) is 0. The maximum Gasteiger partial charge on any atom is 0.133 e. The number of imidazole rings is 1. The van der Waals surface area contributed by atoms with E-state index in [1.807, 2.05) is 54.7 Å². The Labute approximate surface area is 170 Å². The van der Waals surface area contributed by atoms with Crippen molar-refractivity contribution in [2.24, 2.45) is 5.92 Å². The van der Waals surface area contributed by atoms with Crippen LogP contribution in [0.4, 0.5) is 0 Å². The molecule has 0 atom stereocenters. The molecule has 0 bridgehead atoms. The van der Waals surface area contributed by atoms with Crippen molar-refractivity contribution in [2.45, 2.75) is 20.4 Å². The molecule has 5 heteroatoms. The van der Waals surface area contributed by atoms with Gasteiger partial charge in [0.15, 0.2) is 0 Å². The zero-order valence-electron chi connectivity index (χ0n) is 15.6. The minimum Gasteiger partial charge on any atom is -0.497 e. The molecular weight excluding hydrogens is 379 g/mol. The number of aromatic nitrogens is 2. The van der Waals surface area contributed by atoms with E-state index in [4.69, 9.17) is 32.9 Å². The molecule has 0 saturated heterocycles. The van der Waals surface area contributed by atoms with Crippen molar-refractivity contribution >= 4 is 35.4 Å². The number of rotatable bonds is 6. The van der Waals surface area contributed by atoms with Crippen LogP contribution in [0.2, 0.25) is 10.0 Å². The van der Waals surface area contributed by atoms with Crippen molar-refractivity contribution in [1.29, 1.82) is 0 Å². The van der Waals surface area contributed by atoms with Crippen LogP contribution in [-0.4, -0.2) is 16.7 Å². The monoisotopic (exact) mass is 400 g/mol. The Morgan fingerprint density at radius 3 is 2.44 bits per heavy atom. The van der Waals surface area contributed by atoms with E-state index >= 15 is 0 Å². The van der Waals surface area contributed by atoms with Crippen molar-refractivity contribution < 1.29 is 4.74 Å². The standard InChI is InChI=1S/C22H22Cl2N2O/c1-15(2)13-26-14-21(19-10-7-17(23)12-20(19)24)25-22(26)11-6-16-4-8-18(27-3)9-5-16/h4-12,14-15H,13H2,1-3H3/b11-6+. The van der Waals surface area contributed by atoms with Crippen LogP contribution in [0.5, 0.6) is 5.75 Å². The second-order valence-corrected chi connectivity index (χ2v) is 7.60. The van der Waals surface area contributed by atoms with Crippen LogP contribution in [0, 0.1) is 5.92 Å². The summed E-state index contributed by atoms with van der Waals surface area (Å²) in [5, 5.41) is 1.22. The topological polar surface area (TPSA) is 27.1 Å². The summed E-state index contributed by atoms with van der Waals surface area (Å²) in [6, 6.07) is 13.4. The van der Waals surface area contributed by atoms with E-state index in [0.717, 1.165) is 34.9 Å². The largest absolute Gasteiger partial charge is 0.497 e. The Balaban J connectivity index is 1.94. The van der Waals surface area contributed by atoms with Gasteiger partial charge in [-0.1, -0.05) is 55.3 Å². The van der Waals surface area contributed by atoms with Crippen molar-refractivity contribution in [3.63, 3.8) is 0 Å². The van der Waals surface area contributed by atoms with Crippen molar-refractivity contribution in [3.8, 4) is 17.0 Å². The maximum atomic E-state index is 6.37. The number of benzene rings is 2. The van der Waals surface area contributed by atoms with Gasteiger partial charge in [-0.2, -0.15) is 0 Å². The Morgan fingerprint density at radius 1 is 1.07 bits per heavy atom. The highest BCUT2D eigenvalue weighted by Crippen LogP contribution is 2.30. The van der Waals surface area contributed by atoms with Gasteiger partial charge in [-0.15, -0.1) is 0 Å². The quantitative estimate of drug-likeness (QED) is 0.460. The van der Waals surface area contributed by atoms with Crippen molar-refractivity contribution in [3.05, 3.63) is 70.1 Å². The molecular formula is C22H22Cl2N2O. The lowest BCUT2D eigenvalue weighted by Crippen LogP contribution is -2.04. The van der Waals surface area contributed by atoms with Gasteiger partial charge in [0, 0.05) is 23.3 Å². The lowest BCUT2D eigenvalue weighted by atomic mass is 10.2. The predicted molar refractivity (Wildman–Crippen MR) is 114 cm³/mol. The van der Waals surface area contributed by atoms with Gasteiger partial charge in [-0.3, -0.25) is 0 Å². The van der Waals surface area contributed by atoms with Gasteiger partial charge < -0.3 is 9.30 Å². The summed E-state index contributed by atoms with van der Waals surface area (Å²) in [4.78, 5) is 4.80. The molecule has 3 rings (SSSR count). The van der Waals surface area contributed by atoms with Crippen molar-refractivity contribution in [1.82, 2.24) is 9.55 Å². The highest BCUT2D eigenvalue weighted by molar-refractivity contribution is 6.36. The third-order valence-corrected chi connectivity index (χ3v) is 4.66. The normalized spacial score (nSPS) is 11.5. The number of nitrogens with zero attached hydrogens (tertiary/aromatic N) is 2. The van der Waals surface area contributed by atoms with Gasteiger partial charge in [0.1, 0.15) is 11.6 Å². The predicted octanol–water partition coefficient (Wildman–Crippen LogP) is 6.69. The van der Waals surface area contributed by atoms with Crippen LogP contribution >= 0.6 is 23.2 Å². The highest BCUT2D eigenvalue weighted by Gasteiger charge is 2.12. The summed E-state index contributed by atoms with van der Waals surface area (Å²) in [6.07, 6.45) is 6.12. The molecule has 0 spiro atoms. The van der Waals surface area contributed by atoms with E-state index in [1.54, 1.807) is 13.2 Å². The number of methoxy groups -OCH3 is 1. The van der Waals surface area contributed by atoms with Crippen LogP contribution in [0.25, 0.3) is 23.4 Å². The fraction of sp³-hybridized carbons (Fsp3) is 0.227. The van der Waals surface area contributed by atoms with E-state index < -0.39 is 0 Å². The summed E-state index contributed by atoms with van der Waals surface area (Å²) >= 11 is 12.4. The van der Waals surface area contributed by atoms with E-state index in [9.17, 15) is 0 Å². The summed E-state index contributed by atoms with van der Waals surface area (Å²) in [5.41, 5.74) is 2.80. The summed E-state index contributed by atoms with van der Waals surface area (Å²) in [6.45, 7) is 5.25. The zero-order chi connectivity index (χ0) is 19.4. The minimum absolute atomic E-state index is 0.501. The number of halogens is 2. The maximum absolute atomic E-state index is 6.37. The van der Waals surface area contributed by atoms with E-state index in [2.05, 4.69) is 18.4 Å². The average molecular weight is 401 g/mol. The fourth-order valence-corrected chi connectivity index (χ4v) is 3.32. The molecule has 0 aliphatic carbocycles. The molecule has 0 radical (unpaired) electrons. The van der Waals surface area contributed by atoms with Crippen molar-refractivity contribution in [2.75, 3.05) is 7.11 Å². The molecule has 3 nitrogen and oxygen atoms in total. The molecule has 0 saturated carbocycles. The SMILES string of the molecule is COc1ccc(/C=C/c2nc(-c3ccc(Cl)cc3Cl)cn2CC(C)C)cc1. The average Bonchev–Trinajstić information content (AvgIpc) is 3.02. The minimum atomic E-state index is 0.501. The first-order valence-corrected chi connectivity index (χ1v) is 9.56. The van der Waals surface area contributed by atoms with E-state index in [1.165, 1.54) is 0 Å². The third kappa shape index (κ3) is 4.94. The Hall–Kier alpha value is -2.23. The lowest BCUT2D eigenvalue weighted by Gasteiger charge is -2.07. The van der Waals surface area contributed by atoms with Crippen LogP contribution in [-0.2, 0) is 6.54 Å². The second-order valence-electron chi connectivity index (χ2n) is 6.76. The van der Waals surface area contributed by atoms with Crippen LogP contribution < -0.4 is 4.74 Å². The molecule has 1 aromatic heterocycles. The third-order valence-electron chi connectivity index (χ3n) is 4.12. The molecule has 140 valence electrons. The Kier molecular flexibility index (Phi) is 6.25. The Bertz CT molecular complexity index is 943. The summed E-state index contributed by atoms with van der Waals surface area (Å²) < 4.78 is 7.36. The molecule has 27 heavy (non-hydrogen) atoms. The Morgan fingerprint density at radius 2 is 1.81 bits per heavy atom. The molecule has 0 aliphatic heterocycles. The van der Waals surface area contributed by atoms with Crippen LogP contribution in [0.15, 0.2) is 48.7 Å². The fourth-order valence-electron chi connectivity index (χ4n) is 2.82. The second kappa shape index (κ2) is 8.64. The van der Waals surface area contributed by atoms with Gasteiger partial charge >= 0.3 is 0 Å². The molecule has 0 fully saturated rings. The molecule has 3 aromatic rings. The van der Waals surface area contributed by atoms with E-state index in [-0.39, 0.29) is 0 Å². The molecule has 1 heterocycles. The highest BCUT2D eigenvalue weighted by atomic mass is 35.5. The number of ether oxygens (including phenoxy) is 1. The van der Waals surface area contributed by atoms with Gasteiger partial charge in [0.2, 0.25) is 0 Å². The first-order valence-electron chi connectivity index (χ1n) is 8.81. The van der Waals surface area contributed by atoms with Gasteiger partial charge in [-0.25, -0.2) is 4.98 Å². The summed E-state index contributed by atoms with van der Waals surface area (Å²) in [5.74, 6) is 2.23. The molecule has 0 amide bonds. The first kappa shape index (κ1) is 19.5. The molecule has 0 aliphatic rings. The first-order chi connectivity index (χ1) is 13.0. The molecule has 0 unspecified atom stereocenters. The van der Waals surface area contributed by atoms with Gasteiger partial charge in [0.05, 0.1) is 17.8 Å². The lowest BCUT2D eigenvalue weighted by molar-refractivity contribution is 0.415. The molecule has 2 aromatic carbocycles. The number of hydrogen-bond acceptors (Lipinski definition) is 2. The summed E-state index contributed by atoms with van der Waals surface area (Å²) in [7, 11) is 1.66. The van der Waals surface area contributed by atoms with Crippen LogP contribution in [0.1, 0.15) is 25.2 Å². The van der Waals surface area contributed by atoms with Crippen LogP contribution in [0.3, 0.4) is 0 Å². The van der Waals surface area contributed by atoms with Gasteiger partial charge in [-0.05, 0) is 47.9 Å². The zero-order valence-corrected chi connectivity index (χ0v) is 17.1. The van der Waals surface area contributed by atoms with E-state index in [0.29, 0.717) is 16.0 Å². The van der Waals surface area contributed by atoms with Gasteiger partial charge in [0.25, 0.3) is 0 Å². The smallest absolute Gasteiger partial charge is 0.133 e. The molecule has 0 N–H and O–H groups in total.